The van der Waals surface area contributed by atoms with Crippen LogP contribution in [0.1, 0.15) is 22.2 Å². The van der Waals surface area contributed by atoms with Crippen LogP contribution in [0.4, 0.5) is 15.1 Å². The first-order valence-electron chi connectivity index (χ1n) is 7.46. The summed E-state index contributed by atoms with van der Waals surface area (Å²) in [5.74, 6) is -2.17. The second-order valence-corrected chi connectivity index (χ2v) is 6.10. The molecule has 0 spiro atoms. The Bertz CT molecular complexity index is 851. The molecule has 0 bridgehead atoms. The van der Waals surface area contributed by atoms with E-state index in [1.165, 1.54) is 0 Å². The lowest BCUT2D eigenvalue weighted by Gasteiger charge is -2.07. The second kappa shape index (κ2) is 8.39. The lowest BCUT2D eigenvalue weighted by Crippen LogP contribution is -2.20. The normalized spacial score (nSPS) is 10.3. The van der Waals surface area contributed by atoms with E-state index in [1.54, 1.807) is 19.9 Å². The van der Waals surface area contributed by atoms with Crippen molar-refractivity contribution in [2.75, 3.05) is 18.5 Å². The topological polar surface area (TPSA) is 108 Å². The van der Waals surface area contributed by atoms with E-state index in [-0.39, 0.29) is 12.4 Å². The Balaban J connectivity index is 2.02. The molecule has 0 saturated heterocycles. The number of esters is 1. The van der Waals surface area contributed by atoms with Crippen LogP contribution in [0.3, 0.4) is 0 Å². The van der Waals surface area contributed by atoms with Crippen molar-refractivity contribution in [2.24, 2.45) is 0 Å². The molecule has 1 aromatic heterocycles. The van der Waals surface area contributed by atoms with Crippen LogP contribution in [-0.4, -0.2) is 30.0 Å². The Labute approximate surface area is 151 Å². The van der Waals surface area contributed by atoms with Gasteiger partial charge in [-0.3, -0.25) is 14.9 Å². The number of nitro groups is 1. The third-order valence-corrected chi connectivity index (χ3v) is 4.25. The van der Waals surface area contributed by atoms with Gasteiger partial charge in [-0.15, -0.1) is 11.3 Å². The van der Waals surface area contributed by atoms with E-state index < -0.39 is 34.9 Å². The molecule has 0 aliphatic heterocycles. The summed E-state index contributed by atoms with van der Waals surface area (Å²) in [5.41, 5.74) is 0.196. The highest BCUT2D eigenvalue weighted by Gasteiger charge is 2.19. The number of aryl methyl sites for hydroxylation is 1. The second-order valence-electron chi connectivity index (χ2n) is 5.05. The van der Waals surface area contributed by atoms with Gasteiger partial charge in [-0.1, -0.05) is 0 Å². The summed E-state index contributed by atoms with van der Waals surface area (Å²) >= 11 is 1.04. The molecule has 138 valence electrons. The molecule has 0 saturated carbocycles. The fraction of sp³-hybridized carbons (Fsp3) is 0.250. The molecule has 1 heterocycles. The number of hydrogen-bond donors (Lipinski definition) is 1. The van der Waals surface area contributed by atoms with E-state index in [9.17, 15) is 24.1 Å². The fourth-order valence-corrected chi connectivity index (χ4v) is 3.00. The lowest BCUT2D eigenvalue weighted by atomic mass is 10.3. The SMILES string of the molecule is CCOC(=O)c1sc(NC(=O)COc2cc(F)ccc2[N+](=O)[O-])cc1C. The van der Waals surface area contributed by atoms with Crippen LogP contribution in [0.15, 0.2) is 24.3 Å². The summed E-state index contributed by atoms with van der Waals surface area (Å²) in [6.45, 7) is 3.06. The third-order valence-electron chi connectivity index (χ3n) is 3.12. The molecule has 0 radical (unpaired) electrons. The van der Waals surface area contributed by atoms with Crippen LogP contribution in [-0.2, 0) is 9.53 Å². The van der Waals surface area contributed by atoms with Crippen molar-refractivity contribution in [3.05, 3.63) is 50.6 Å². The molecule has 8 nitrogen and oxygen atoms in total. The van der Waals surface area contributed by atoms with E-state index in [4.69, 9.17) is 9.47 Å². The van der Waals surface area contributed by atoms with Crippen molar-refractivity contribution < 1.29 is 28.4 Å². The minimum atomic E-state index is -0.735. The Kier molecular flexibility index (Phi) is 6.23. The summed E-state index contributed by atoms with van der Waals surface area (Å²) in [6.07, 6.45) is 0. The maximum atomic E-state index is 13.2. The summed E-state index contributed by atoms with van der Waals surface area (Å²) in [4.78, 5) is 34.2. The largest absolute Gasteiger partial charge is 0.477 e. The Morgan fingerprint density at radius 2 is 2.08 bits per heavy atom. The minimum absolute atomic E-state index is 0.234. The van der Waals surface area contributed by atoms with E-state index >= 15 is 0 Å². The number of carbonyl (C=O) groups is 2. The van der Waals surface area contributed by atoms with Gasteiger partial charge in [-0.25, -0.2) is 9.18 Å². The van der Waals surface area contributed by atoms with Gasteiger partial charge >= 0.3 is 11.7 Å². The molecule has 0 unspecified atom stereocenters. The number of nitro benzene ring substituents is 1. The first kappa shape index (κ1) is 19.3. The maximum Gasteiger partial charge on any atom is 0.348 e. The first-order valence-corrected chi connectivity index (χ1v) is 8.27. The fourth-order valence-electron chi connectivity index (χ4n) is 2.01. The number of thiophene rings is 1. The Hall–Kier alpha value is -3.01. The number of nitrogens with one attached hydrogen (secondary N) is 1. The molecule has 10 heteroatoms. The van der Waals surface area contributed by atoms with Crippen LogP contribution in [0.2, 0.25) is 0 Å². The predicted octanol–water partition coefficient (Wildman–Crippen LogP) is 3.30. The minimum Gasteiger partial charge on any atom is -0.477 e. The van der Waals surface area contributed by atoms with Gasteiger partial charge in [0, 0.05) is 12.1 Å². The van der Waals surface area contributed by atoms with Gasteiger partial charge in [0.15, 0.2) is 6.61 Å². The van der Waals surface area contributed by atoms with Crippen molar-refractivity contribution in [3.63, 3.8) is 0 Å². The molecule has 1 amide bonds. The van der Waals surface area contributed by atoms with Crippen LogP contribution in [0, 0.1) is 22.9 Å². The molecule has 2 rings (SSSR count). The predicted molar refractivity (Wildman–Crippen MR) is 92.2 cm³/mol. The number of hydrogen-bond acceptors (Lipinski definition) is 7. The van der Waals surface area contributed by atoms with Crippen LogP contribution >= 0.6 is 11.3 Å². The number of benzene rings is 1. The first-order chi connectivity index (χ1) is 12.3. The molecule has 2 aromatic rings. The van der Waals surface area contributed by atoms with Crippen molar-refractivity contribution >= 4 is 33.9 Å². The standard InChI is InChI=1S/C16H15FN2O6S/c1-3-24-16(21)15-9(2)6-14(26-15)18-13(20)8-25-12-7-10(17)4-5-11(12)19(22)23/h4-7H,3,8H2,1-2H3,(H,18,20). The Morgan fingerprint density at radius 1 is 1.35 bits per heavy atom. The van der Waals surface area contributed by atoms with Crippen LogP contribution < -0.4 is 10.1 Å². The van der Waals surface area contributed by atoms with Gasteiger partial charge < -0.3 is 14.8 Å². The molecule has 0 aliphatic carbocycles. The maximum absolute atomic E-state index is 13.2. The van der Waals surface area contributed by atoms with Gasteiger partial charge in [-0.05, 0) is 31.5 Å². The summed E-state index contributed by atoms with van der Waals surface area (Å²) in [7, 11) is 0. The van der Waals surface area contributed by atoms with E-state index in [2.05, 4.69) is 5.32 Å². The molecule has 0 aliphatic rings. The van der Waals surface area contributed by atoms with E-state index in [0.717, 1.165) is 29.5 Å². The molecule has 1 aromatic carbocycles. The van der Waals surface area contributed by atoms with Crippen molar-refractivity contribution in [1.82, 2.24) is 0 Å². The third kappa shape index (κ3) is 4.76. The number of anilines is 1. The number of nitrogens with zero attached hydrogens (tertiary/aromatic N) is 1. The molecule has 0 atom stereocenters. The Morgan fingerprint density at radius 3 is 2.73 bits per heavy atom. The lowest BCUT2D eigenvalue weighted by molar-refractivity contribution is -0.385. The monoisotopic (exact) mass is 382 g/mol. The highest BCUT2D eigenvalue weighted by Crippen LogP contribution is 2.29. The summed E-state index contributed by atoms with van der Waals surface area (Å²) in [5, 5.41) is 13.8. The van der Waals surface area contributed by atoms with Crippen molar-refractivity contribution in [1.29, 1.82) is 0 Å². The number of ether oxygens (including phenoxy) is 2. The average molecular weight is 382 g/mol. The number of halogens is 1. The average Bonchev–Trinajstić information content (AvgIpc) is 2.93. The van der Waals surface area contributed by atoms with Gasteiger partial charge in [-0.2, -0.15) is 0 Å². The molecular weight excluding hydrogens is 367 g/mol. The highest BCUT2D eigenvalue weighted by atomic mass is 32.1. The molecule has 1 N–H and O–H groups in total. The number of rotatable bonds is 7. The van der Waals surface area contributed by atoms with Gasteiger partial charge in [0.05, 0.1) is 16.5 Å². The highest BCUT2D eigenvalue weighted by molar-refractivity contribution is 7.18. The molecule has 0 fully saturated rings. The smallest absolute Gasteiger partial charge is 0.348 e. The van der Waals surface area contributed by atoms with Gasteiger partial charge in [0.1, 0.15) is 10.7 Å². The van der Waals surface area contributed by atoms with Crippen LogP contribution in [0.25, 0.3) is 0 Å². The quantitative estimate of drug-likeness (QED) is 0.447. The zero-order valence-electron chi connectivity index (χ0n) is 13.9. The van der Waals surface area contributed by atoms with Crippen molar-refractivity contribution in [3.8, 4) is 5.75 Å². The molecule has 26 heavy (non-hydrogen) atoms. The van der Waals surface area contributed by atoms with Crippen LogP contribution in [0.5, 0.6) is 5.75 Å². The summed E-state index contributed by atoms with van der Waals surface area (Å²) < 4.78 is 23.2. The van der Waals surface area contributed by atoms with Gasteiger partial charge in [0.2, 0.25) is 5.75 Å². The van der Waals surface area contributed by atoms with E-state index in [0.29, 0.717) is 15.4 Å². The van der Waals surface area contributed by atoms with E-state index in [1.807, 2.05) is 0 Å². The van der Waals surface area contributed by atoms with Gasteiger partial charge in [0.25, 0.3) is 5.91 Å². The molecular formula is C16H15FN2O6S. The number of carbonyl (C=O) groups excluding carboxylic acids is 2. The number of amides is 1. The van der Waals surface area contributed by atoms with Crippen molar-refractivity contribution in [2.45, 2.75) is 13.8 Å². The zero-order valence-corrected chi connectivity index (χ0v) is 14.7. The zero-order chi connectivity index (χ0) is 19.3. The summed E-state index contributed by atoms with van der Waals surface area (Å²) in [6, 6.07) is 4.31.